The van der Waals surface area contributed by atoms with Crippen molar-refractivity contribution in [3.63, 3.8) is 0 Å². The highest BCUT2D eigenvalue weighted by Crippen LogP contribution is 2.38. The molecular formula is C15H22BClO4. The minimum absolute atomic E-state index is 0.146. The Kier molecular flexibility index (Phi) is 4.59. The molecule has 0 radical (unpaired) electrons. The Labute approximate surface area is 131 Å². The largest absolute Gasteiger partial charge is 0.496 e. The standard InChI is InChI=1S/C15H22BClO4/c1-10-7-8-11(12(17)13(10)19-9-18-6)16-20-14(2,3)15(4,5)21-16/h7-8H,9H2,1-6H3. The van der Waals surface area contributed by atoms with Crippen LogP contribution in [0.3, 0.4) is 0 Å². The van der Waals surface area contributed by atoms with E-state index >= 15 is 0 Å². The third-order valence-corrected chi connectivity index (χ3v) is 4.54. The lowest BCUT2D eigenvalue weighted by atomic mass is 9.78. The van der Waals surface area contributed by atoms with Gasteiger partial charge in [0, 0.05) is 12.6 Å². The summed E-state index contributed by atoms with van der Waals surface area (Å²) in [7, 11) is 1.06. The summed E-state index contributed by atoms with van der Waals surface area (Å²) in [6, 6.07) is 3.86. The zero-order valence-corrected chi connectivity index (χ0v) is 14.2. The van der Waals surface area contributed by atoms with Crippen molar-refractivity contribution < 1.29 is 18.8 Å². The van der Waals surface area contributed by atoms with E-state index in [1.807, 2.05) is 46.8 Å². The van der Waals surface area contributed by atoms with E-state index in [1.54, 1.807) is 7.11 Å². The quantitative estimate of drug-likeness (QED) is 0.633. The molecule has 1 aromatic rings. The first-order valence-corrected chi connectivity index (χ1v) is 7.34. The molecule has 0 spiro atoms. The molecule has 6 heteroatoms. The van der Waals surface area contributed by atoms with Crippen LogP contribution in [0.2, 0.25) is 5.02 Å². The summed E-state index contributed by atoms with van der Waals surface area (Å²) in [5.74, 6) is 0.603. The van der Waals surface area contributed by atoms with Crippen LogP contribution in [-0.4, -0.2) is 32.2 Å². The minimum Gasteiger partial charge on any atom is -0.466 e. The van der Waals surface area contributed by atoms with E-state index in [1.165, 1.54) is 0 Å². The van der Waals surface area contributed by atoms with Crippen LogP contribution in [-0.2, 0) is 14.0 Å². The molecule has 0 aliphatic carbocycles. The summed E-state index contributed by atoms with van der Waals surface area (Å²) in [6.45, 7) is 10.1. The van der Waals surface area contributed by atoms with E-state index in [9.17, 15) is 0 Å². The number of aryl methyl sites for hydroxylation is 1. The van der Waals surface area contributed by atoms with Gasteiger partial charge in [-0.3, -0.25) is 0 Å². The van der Waals surface area contributed by atoms with Gasteiger partial charge in [-0.15, -0.1) is 0 Å². The van der Waals surface area contributed by atoms with Crippen LogP contribution >= 0.6 is 11.6 Å². The maximum atomic E-state index is 6.48. The molecule has 1 aliphatic heterocycles. The topological polar surface area (TPSA) is 36.9 Å². The molecule has 21 heavy (non-hydrogen) atoms. The van der Waals surface area contributed by atoms with Crippen molar-refractivity contribution >= 4 is 24.2 Å². The SMILES string of the molecule is COCOc1c(C)ccc(B2OC(C)(C)C(C)(C)O2)c1Cl. The molecule has 1 aliphatic rings. The Morgan fingerprint density at radius 1 is 1.14 bits per heavy atom. The van der Waals surface area contributed by atoms with Crippen molar-refractivity contribution in [1.29, 1.82) is 0 Å². The molecule has 0 bridgehead atoms. The molecule has 0 N–H and O–H groups in total. The monoisotopic (exact) mass is 312 g/mol. The average Bonchev–Trinajstić information content (AvgIpc) is 2.58. The summed E-state index contributed by atoms with van der Waals surface area (Å²) in [6.07, 6.45) is 0. The van der Waals surface area contributed by atoms with Gasteiger partial charge in [0.25, 0.3) is 0 Å². The van der Waals surface area contributed by atoms with Gasteiger partial charge < -0.3 is 18.8 Å². The smallest absolute Gasteiger partial charge is 0.466 e. The Balaban J connectivity index is 2.34. The van der Waals surface area contributed by atoms with Crippen LogP contribution in [0.15, 0.2) is 12.1 Å². The normalized spacial score (nSPS) is 19.9. The molecule has 1 fully saturated rings. The fourth-order valence-corrected chi connectivity index (χ4v) is 2.47. The first-order chi connectivity index (χ1) is 9.69. The molecular weight excluding hydrogens is 290 g/mol. The molecule has 0 unspecified atom stereocenters. The van der Waals surface area contributed by atoms with Crippen molar-refractivity contribution in [2.24, 2.45) is 0 Å². The summed E-state index contributed by atoms with van der Waals surface area (Å²) >= 11 is 6.48. The van der Waals surface area contributed by atoms with Crippen LogP contribution in [0.5, 0.6) is 5.75 Å². The molecule has 1 saturated heterocycles. The Morgan fingerprint density at radius 3 is 2.24 bits per heavy atom. The Bertz CT molecular complexity index is 515. The van der Waals surface area contributed by atoms with Crippen molar-refractivity contribution in [3.05, 3.63) is 22.7 Å². The second kappa shape index (κ2) is 5.80. The van der Waals surface area contributed by atoms with Crippen molar-refractivity contribution in [1.82, 2.24) is 0 Å². The lowest BCUT2D eigenvalue weighted by Crippen LogP contribution is -2.41. The van der Waals surface area contributed by atoms with E-state index in [0.29, 0.717) is 10.8 Å². The molecule has 0 amide bonds. The summed E-state index contributed by atoms with van der Waals surface area (Å²) in [5, 5.41) is 0.505. The van der Waals surface area contributed by atoms with Crippen molar-refractivity contribution in [2.75, 3.05) is 13.9 Å². The fourth-order valence-electron chi connectivity index (χ4n) is 2.11. The number of rotatable bonds is 4. The molecule has 1 heterocycles. The summed E-state index contributed by atoms with van der Waals surface area (Å²) in [4.78, 5) is 0. The highest BCUT2D eigenvalue weighted by atomic mass is 35.5. The summed E-state index contributed by atoms with van der Waals surface area (Å²) in [5.41, 5.74) is 0.906. The van der Waals surface area contributed by atoms with Crippen LogP contribution in [0, 0.1) is 6.92 Å². The lowest BCUT2D eigenvalue weighted by Gasteiger charge is -2.32. The Morgan fingerprint density at radius 2 is 1.71 bits per heavy atom. The molecule has 2 rings (SSSR count). The molecule has 0 saturated carbocycles. The predicted octanol–water partition coefficient (Wildman–Crippen LogP) is 2.93. The molecule has 0 aromatic heterocycles. The van der Waals surface area contributed by atoms with Gasteiger partial charge in [0.1, 0.15) is 5.75 Å². The molecule has 1 aromatic carbocycles. The third-order valence-electron chi connectivity index (χ3n) is 4.15. The van der Waals surface area contributed by atoms with Gasteiger partial charge in [-0.1, -0.05) is 23.7 Å². The van der Waals surface area contributed by atoms with E-state index in [-0.39, 0.29) is 6.79 Å². The van der Waals surface area contributed by atoms with Gasteiger partial charge in [-0.25, -0.2) is 0 Å². The van der Waals surface area contributed by atoms with E-state index in [4.69, 9.17) is 30.4 Å². The van der Waals surface area contributed by atoms with E-state index < -0.39 is 18.3 Å². The van der Waals surface area contributed by atoms with Crippen LogP contribution < -0.4 is 10.2 Å². The van der Waals surface area contributed by atoms with Gasteiger partial charge in [0.05, 0.1) is 16.2 Å². The van der Waals surface area contributed by atoms with Gasteiger partial charge >= 0.3 is 7.12 Å². The Hall–Kier alpha value is -0.745. The second-order valence-corrected chi connectivity index (χ2v) is 6.63. The number of halogens is 1. The van der Waals surface area contributed by atoms with Gasteiger partial charge in [0.2, 0.25) is 0 Å². The van der Waals surface area contributed by atoms with Crippen LogP contribution in [0.1, 0.15) is 33.3 Å². The van der Waals surface area contributed by atoms with Gasteiger partial charge in [-0.2, -0.15) is 0 Å². The number of methoxy groups -OCH3 is 1. The molecule has 116 valence electrons. The zero-order chi connectivity index (χ0) is 15.8. The van der Waals surface area contributed by atoms with E-state index in [2.05, 4.69) is 0 Å². The predicted molar refractivity (Wildman–Crippen MR) is 84.4 cm³/mol. The number of ether oxygens (including phenoxy) is 2. The van der Waals surface area contributed by atoms with Crippen LogP contribution in [0.4, 0.5) is 0 Å². The van der Waals surface area contributed by atoms with Crippen molar-refractivity contribution in [2.45, 2.75) is 45.8 Å². The first kappa shape index (κ1) is 16.6. The third kappa shape index (κ3) is 3.06. The fraction of sp³-hybridized carbons (Fsp3) is 0.600. The highest BCUT2D eigenvalue weighted by Gasteiger charge is 2.52. The summed E-state index contributed by atoms with van der Waals surface area (Å²) < 4.78 is 22.6. The number of hydrogen-bond donors (Lipinski definition) is 0. The number of benzene rings is 1. The lowest BCUT2D eigenvalue weighted by molar-refractivity contribution is 0.00578. The van der Waals surface area contributed by atoms with Crippen molar-refractivity contribution in [3.8, 4) is 5.75 Å². The van der Waals surface area contributed by atoms with E-state index in [0.717, 1.165) is 11.0 Å². The van der Waals surface area contributed by atoms with Gasteiger partial charge in [0.15, 0.2) is 6.79 Å². The van der Waals surface area contributed by atoms with Gasteiger partial charge in [-0.05, 0) is 40.2 Å². The second-order valence-electron chi connectivity index (χ2n) is 6.25. The maximum absolute atomic E-state index is 6.48. The molecule has 4 nitrogen and oxygen atoms in total. The minimum atomic E-state index is -0.506. The van der Waals surface area contributed by atoms with Crippen LogP contribution in [0.25, 0.3) is 0 Å². The highest BCUT2D eigenvalue weighted by molar-refractivity contribution is 6.66. The molecule has 0 atom stereocenters. The number of hydrogen-bond acceptors (Lipinski definition) is 4. The first-order valence-electron chi connectivity index (χ1n) is 6.96. The maximum Gasteiger partial charge on any atom is 0.496 e. The zero-order valence-electron chi connectivity index (χ0n) is 13.5. The average molecular weight is 313 g/mol.